The second-order valence-corrected chi connectivity index (χ2v) is 6.24. The van der Waals surface area contributed by atoms with E-state index in [-0.39, 0.29) is 11.0 Å². The molecule has 0 radical (unpaired) electrons. The van der Waals surface area contributed by atoms with Crippen molar-refractivity contribution in [1.82, 2.24) is 10.6 Å². The van der Waals surface area contributed by atoms with Crippen molar-refractivity contribution in [1.29, 1.82) is 0 Å². The van der Waals surface area contributed by atoms with Crippen LogP contribution in [0.3, 0.4) is 0 Å². The van der Waals surface area contributed by atoms with E-state index in [9.17, 15) is 4.79 Å². The van der Waals surface area contributed by atoms with Gasteiger partial charge in [-0.1, -0.05) is 53.5 Å². The maximum atomic E-state index is 12.1. The molecule has 0 aliphatic carbocycles. The first-order valence-corrected chi connectivity index (χ1v) is 8.36. The molecule has 126 valence electrons. The number of hydrogen-bond donors (Lipinski definition) is 2. The number of rotatable bonds is 5. The average Bonchev–Trinajstić information content (AvgIpc) is 2.56. The highest BCUT2D eigenvalue weighted by atomic mass is 35.5. The second kappa shape index (κ2) is 8.87. The molecular weight excluding hydrogens is 367 g/mol. The van der Waals surface area contributed by atoms with Crippen molar-refractivity contribution in [3.8, 4) is 5.75 Å². The van der Waals surface area contributed by atoms with Crippen molar-refractivity contribution in [2.75, 3.05) is 0 Å². The Labute approximate surface area is 156 Å². The van der Waals surface area contributed by atoms with Crippen LogP contribution in [0.5, 0.6) is 5.75 Å². The van der Waals surface area contributed by atoms with E-state index in [1.165, 1.54) is 0 Å². The van der Waals surface area contributed by atoms with Gasteiger partial charge < -0.3 is 10.1 Å². The van der Waals surface area contributed by atoms with E-state index >= 15 is 0 Å². The maximum Gasteiger partial charge on any atom is 0.266 e. The number of benzene rings is 2. The van der Waals surface area contributed by atoms with Gasteiger partial charge in [-0.15, -0.1) is 0 Å². The van der Waals surface area contributed by atoms with Gasteiger partial charge in [0.25, 0.3) is 5.91 Å². The summed E-state index contributed by atoms with van der Waals surface area (Å²) in [4.78, 5) is 12.1. The van der Waals surface area contributed by atoms with Crippen LogP contribution in [0.15, 0.2) is 48.5 Å². The van der Waals surface area contributed by atoms with Gasteiger partial charge in [0.2, 0.25) is 0 Å². The molecule has 7 heteroatoms. The third-order valence-corrected chi connectivity index (χ3v) is 3.88. The summed E-state index contributed by atoms with van der Waals surface area (Å²) in [5.41, 5.74) is 1.06. The minimum atomic E-state index is -0.764. The lowest BCUT2D eigenvalue weighted by Crippen LogP contribution is -2.44. The molecule has 24 heavy (non-hydrogen) atoms. The van der Waals surface area contributed by atoms with E-state index in [0.717, 1.165) is 5.56 Å². The second-order valence-electron chi connectivity index (χ2n) is 4.99. The van der Waals surface area contributed by atoms with Crippen LogP contribution in [0.1, 0.15) is 12.5 Å². The smallest absolute Gasteiger partial charge is 0.266 e. The lowest BCUT2D eigenvalue weighted by atomic mass is 10.2. The molecule has 0 spiro atoms. The van der Waals surface area contributed by atoms with Crippen LogP contribution in [-0.4, -0.2) is 17.1 Å². The zero-order valence-electron chi connectivity index (χ0n) is 12.9. The number of carbonyl (C=O) groups excluding carboxylic acids is 1. The number of halogens is 2. The number of amides is 1. The van der Waals surface area contributed by atoms with Gasteiger partial charge in [-0.3, -0.25) is 10.1 Å². The fourth-order valence-electron chi connectivity index (χ4n) is 1.85. The summed E-state index contributed by atoms with van der Waals surface area (Å²) in [7, 11) is 0. The number of ether oxygens (including phenoxy) is 1. The van der Waals surface area contributed by atoms with Crippen LogP contribution >= 0.6 is 35.4 Å². The molecule has 4 nitrogen and oxygen atoms in total. The summed E-state index contributed by atoms with van der Waals surface area (Å²) >= 11 is 17.0. The molecule has 2 aromatic rings. The first-order valence-electron chi connectivity index (χ1n) is 7.20. The van der Waals surface area contributed by atoms with Crippen LogP contribution < -0.4 is 15.4 Å². The summed E-state index contributed by atoms with van der Waals surface area (Å²) in [6.45, 7) is 2.14. The van der Waals surface area contributed by atoms with Crippen molar-refractivity contribution < 1.29 is 9.53 Å². The highest BCUT2D eigenvalue weighted by Crippen LogP contribution is 2.28. The molecule has 0 bridgehead atoms. The Morgan fingerprint density at radius 3 is 2.58 bits per heavy atom. The van der Waals surface area contributed by atoms with E-state index in [1.807, 2.05) is 30.3 Å². The zero-order chi connectivity index (χ0) is 17.5. The Balaban J connectivity index is 1.83. The van der Waals surface area contributed by atoms with Gasteiger partial charge in [-0.25, -0.2) is 0 Å². The van der Waals surface area contributed by atoms with Crippen LogP contribution in [-0.2, 0) is 11.3 Å². The van der Waals surface area contributed by atoms with Crippen molar-refractivity contribution in [3.05, 3.63) is 64.1 Å². The normalized spacial score (nSPS) is 11.5. The van der Waals surface area contributed by atoms with E-state index in [4.69, 9.17) is 40.2 Å². The first-order chi connectivity index (χ1) is 11.5. The largest absolute Gasteiger partial charge is 0.479 e. The van der Waals surface area contributed by atoms with Crippen LogP contribution in [0.2, 0.25) is 10.0 Å². The lowest BCUT2D eigenvalue weighted by Gasteiger charge is -2.16. The molecule has 2 N–H and O–H groups in total. The van der Waals surface area contributed by atoms with Crippen LogP contribution in [0.4, 0.5) is 0 Å². The van der Waals surface area contributed by atoms with E-state index < -0.39 is 6.10 Å². The third-order valence-electron chi connectivity index (χ3n) is 3.10. The molecule has 1 unspecified atom stereocenters. The lowest BCUT2D eigenvalue weighted by molar-refractivity contribution is -0.125. The van der Waals surface area contributed by atoms with Crippen molar-refractivity contribution in [3.63, 3.8) is 0 Å². The predicted octanol–water partition coefficient (Wildman–Crippen LogP) is 3.95. The van der Waals surface area contributed by atoms with Crippen molar-refractivity contribution in [2.24, 2.45) is 0 Å². The molecule has 0 aromatic heterocycles. The Kier molecular flexibility index (Phi) is 6.85. The summed E-state index contributed by atoms with van der Waals surface area (Å²) in [5.74, 6) is 0.0125. The molecular formula is C17H16Cl2N2O2S. The van der Waals surface area contributed by atoms with Gasteiger partial charge in [-0.05, 0) is 42.9 Å². The Morgan fingerprint density at radius 1 is 1.21 bits per heavy atom. The fraction of sp³-hybridized carbons (Fsp3) is 0.176. The van der Waals surface area contributed by atoms with Gasteiger partial charge in [0.1, 0.15) is 5.75 Å². The van der Waals surface area contributed by atoms with E-state index in [1.54, 1.807) is 25.1 Å². The molecule has 0 fully saturated rings. The summed E-state index contributed by atoms with van der Waals surface area (Å²) in [5, 5.41) is 6.63. The first kappa shape index (κ1) is 18.5. The highest BCUT2D eigenvalue weighted by molar-refractivity contribution is 7.80. The number of nitrogens with one attached hydrogen (secondary N) is 2. The molecule has 0 heterocycles. The maximum absolute atomic E-state index is 12.1. The van der Waals surface area contributed by atoms with Gasteiger partial charge in [0.15, 0.2) is 11.2 Å². The van der Waals surface area contributed by atoms with E-state index in [0.29, 0.717) is 22.3 Å². The molecule has 2 rings (SSSR count). The zero-order valence-corrected chi connectivity index (χ0v) is 15.2. The van der Waals surface area contributed by atoms with Crippen molar-refractivity contribution >= 4 is 46.4 Å². The topological polar surface area (TPSA) is 50.4 Å². The molecule has 1 atom stereocenters. The Morgan fingerprint density at radius 2 is 1.92 bits per heavy atom. The monoisotopic (exact) mass is 382 g/mol. The number of hydrogen-bond acceptors (Lipinski definition) is 3. The summed E-state index contributed by atoms with van der Waals surface area (Å²) in [6.07, 6.45) is -0.764. The summed E-state index contributed by atoms with van der Waals surface area (Å²) in [6, 6.07) is 14.5. The predicted molar refractivity (Wildman–Crippen MR) is 101 cm³/mol. The minimum Gasteiger partial charge on any atom is -0.479 e. The Bertz CT molecular complexity index is 726. The number of carbonyl (C=O) groups is 1. The molecule has 0 aliphatic rings. The van der Waals surface area contributed by atoms with Gasteiger partial charge >= 0.3 is 0 Å². The molecule has 0 aliphatic heterocycles. The van der Waals surface area contributed by atoms with Crippen LogP contribution in [0.25, 0.3) is 0 Å². The molecule has 0 saturated carbocycles. The molecule has 2 aromatic carbocycles. The quantitative estimate of drug-likeness (QED) is 0.768. The van der Waals surface area contributed by atoms with E-state index in [2.05, 4.69) is 10.6 Å². The van der Waals surface area contributed by atoms with Gasteiger partial charge in [0.05, 0.1) is 5.02 Å². The van der Waals surface area contributed by atoms with Crippen LogP contribution in [0, 0.1) is 0 Å². The number of thiocarbonyl (C=S) groups is 1. The average molecular weight is 383 g/mol. The fourth-order valence-corrected chi connectivity index (χ4v) is 2.48. The van der Waals surface area contributed by atoms with Gasteiger partial charge in [0, 0.05) is 11.6 Å². The van der Waals surface area contributed by atoms with Crippen molar-refractivity contribution in [2.45, 2.75) is 19.6 Å². The van der Waals surface area contributed by atoms with Gasteiger partial charge in [-0.2, -0.15) is 0 Å². The SMILES string of the molecule is CC(Oc1ccc(Cl)cc1Cl)C(=O)NC(=S)NCc1ccccc1. The summed E-state index contributed by atoms with van der Waals surface area (Å²) < 4.78 is 5.54. The molecule has 1 amide bonds. The molecule has 0 saturated heterocycles. The highest BCUT2D eigenvalue weighted by Gasteiger charge is 2.17. The third kappa shape index (κ3) is 5.67. The Hall–Kier alpha value is -1.82. The minimum absolute atomic E-state index is 0.238. The standard InChI is InChI=1S/C17H16Cl2N2O2S/c1-11(23-15-8-7-13(18)9-14(15)19)16(22)21-17(24)20-10-12-5-3-2-4-6-12/h2-9,11H,10H2,1H3,(H2,20,21,22,24).